The van der Waals surface area contributed by atoms with E-state index in [4.69, 9.17) is 11.0 Å². The van der Waals surface area contributed by atoms with E-state index in [1.807, 2.05) is 6.92 Å². The van der Waals surface area contributed by atoms with Crippen LogP contribution in [0.3, 0.4) is 0 Å². The molecule has 0 bridgehead atoms. The molecule has 0 aliphatic heterocycles. The van der Waals surface area contributed by atoms with Gasteiger partial charge in [0.15, 0.2) is 5.78 Å². The monoisotopic (exact) mass is 251 g/mol. The van der Waals surface area contributed by atoms with Crippen LogP contribution in [0.1, 0.15) is 42.4 Å². The number of nitriles is 1. The van der Waals surface area contributed by atoms with Crippen molar-refractivity contribution in [3.05, 3.63) is 10.4 Å². The van der Waals surface area contributed by atoms with Crippen LogP contribution < -0.4 is 10.6 Å². The molecule has 0 aliphatic carbocycles. The summed E-state index contributed by atoms with van der Waals surface area (Å²) in [7, 11) is 0. The van der Waals surface area contributed by atoms with Crippen molar-refractivity contribution in [2.24, 2.45) is 0 Å². The summed E-state index contributed by atoms with van der Waals surface area (Å²) in [6.45, 7) is 7.25. The SMILES string of the molecule is CCCN(CC)c1sc(C(C)=O)c(N)c1C#N. The fourth-order valence-electron chi connectivity index (χ4n) is 1.70. The minimum absolute atomic E-state index is 0.0807. The molecule has 0 unspecified atom stereocenters. The third-order valence-electron chi connectivity index (χ3n) is 2.52. The Labute approximate surface area is 106 Å². The Bertz CT molecular complexity index is 459. The summed E-state index contributed by atoms with van der Waals surface area (Å²) in [5, 5.41) is 9.96. The molecule has 2 N–H and O–H groups in total. The van der Waals surface area contributed by atoms with Crippen molar-refractivity contribution < 1.29 is 4.79 Å². The van der Waals surface area contributed by atoms with Crippen LogP contribution in [0.2, 0.25) is 0 Å². The first-order chi connectivity index (χ1) is 8.06. The Morgan fingerprint density at radius 2 is 2.18 bits per heavy atom. The van der Waals surface area contributed by atoms with Gasteiger partial charge in [0.2, 0.25) is 0 Å². The lowest BCUT2D eigenvalue weighted by Gasteiger charge is -2.20. The van der Waals surface area contributed by atoms with Crippen LogP contribution in [-0.4, -0.2) is 18.9 Å². The molecule has 0 amide bonds. The molecule has 0 saturated heterocycles. The van der Waals surface area contributed by atoms with Gasteiger partial charge in [0, 0.05) is 20.0 Å². The number of hydrogen-bond donors (Lipinski definition) is 1. The molecule has 0 fully saturated rings. The number of Topliss-reactive ketones (excluding diaryl/α,β-unsaturated/α-hetero) is 1. The summed E-state index contributed by atoms with van der Waals surface area (Å²) in [5.74, 6) is -0.0807. The number of nitrogens with zero attached hydrogens (tertiary/aromatic N) is 2. The Morgan fingerprint density at radius 3 is 2.59 bits per heavy atom. The molecule has 1 rings (SSSR count). The van der Waals surface area contributed by atoms with Crippen LogP contribution in [-0.2, 0) is 0 Å². The molecule has 0 aromatic carbocycles. The number of hydrogen-bond acceptors (Lipinski definition) is 5. The van der Waals surface area contributed by atoms with Gasteiger partial charge in [-0.3, -0.25) is 4.79 Å². The van der Waals surface area contributed by atoms with Gasteiger partial charge >= 0.3 is 0 Å². The average molecular weight is 251 g/mol. The van der Waals surface area contributed by atoms with E-state index in [1.54, 1.807) is 0 Å². The van der Waals surface area contributed by atoms with E-state index in [0.717, 1.165) is 24.5 Å². The molecule has 1 aromatic rings. The predicted molar refractivity (Wildman–Crippen MR) is 71.6 cm³/mol. The van der Waals surface area contributed by atoms with Gasteiger partial charge in [-0.05, 0) is 13.3 Å². The zero-order valence-corrected chi connectivity index (χ0v) is 11.2. The smallest absolute Gasteiger partial charge is 0.171 e. The number of rotatable bonds is 5. The third kappa shape index (κ3) is 2.59. The summed E-state index contributed by atoms with van der Waals surface area (Å²) in [5.41, 5.74) is 6.61. The van der Waals surface area contributed by atoms with Gasteiger partial charge in [-0.1, -0.05) is 6.92 Å². The van der Waals surface area contributed by atoms with Crippen LogP contribution in [0, 0.1) is 11.3 Å². The van der Waals surface area contributed by atoms with Gasteiger partial charge in [-0.25, -0.2) is 0 Å². The topological polar surface area (TPSA) is 70.1 Å². The first-order valence-corrected chi connectivity index (χ1v) is 6.46. The van der Waals surface area contributed by atoms with Gasteiger partial charge < -0.3 is 10.6 Å². The van der Waals surface area contributed by atoms with Crippen molar-refractivity contribution in [3.8, 4) is 6.07 Å². The fourth-order valence-corrected chi connectivity index (χ4v) is 2.85. The van der Waals surface area contributed by atoms with Crippen molar-refractivity contribution in [2.45, 2.75) is 27.2 Å². The minimum Gasteiger partial charge on any atom is -0.396 e. The molecule has 0 spiro atoms. The van der Waals surface area contributed by atoms with Gasteiger partial charge in [-0.2, -0.15) is 5.26 Å². The molecule has 17 heavy (non-hydrogen) atoms. The van der Waals surface area contributed by atoms with Crippen molar-refractivity contribution in [2.75, 3.05) is 23.7 Å². The first-order valence-electron chi connectivity index (χ1n) is 5.64. The molecule has 0 atom stereocenters. The summed E-state index contributed by atoms with van der Waals surface area (Å²) in [6, 6.07) is 2.10. The van der Waals surface area contributed by atoms with Crippen LogP contribution >= 0.6 is 11.3 Å². The Hall–Kier alpha value is -1.54. The minimum atomic E-state index is -0.0807. The maximum Gasteiger partial charge on any atom is 0.171 e. The number of nitrogen functional groups attached to an aromatic ring is 1. The highest BCUT2D eigenvalue weighted by Crippen LogP contribution is 2.37. The standard InChI is InChI=1S/C12H17N3OS/c1-4-6-15(5-2)12-9(7-13)10(14)11(17-12)8(3)16/h4-6,14H2,1-3H3. The first kappa shape index (κ1) is 13.5. The van der Waals surface area contributed by atoms with Crippen molar-refractivity contribution in [1.29, 1.82) is 5.26 Å². The average Bonchev–Trinajstić information content (AvgIpc) is 2.63. The molecule has 0 saturated carbocycles. The summed E-state index contributed by atoms with van der Waals surface area (Å²) < 4.78 is 0. The Morgan fingerprint density at radius 1 is 1.53 bits per heavy atom. The van der Waals surface area contributed by atoms with Gasteiger partial charge in [0.1, 0.15) is 16.6 Å². The molecular formula is C12H17N3OS. The van der Waals surface area contributed by atoms with Crippen molar-refractivity contribution in [1.82, 2.24) is 0 Å². The Kier molecular flexibility index (Phi) is 4.53. The quantitative estimate of drug-likeness (QED) is 0.817. The van der Waals surface area contributed by atoms with Crippen molar-refractivity contribution >= 4 is 27.8 Å². The number of carbonyl (C=O) groups excluding carboxylic acids is 1. The number of ketones is 1. The van der Waals surface area contributed by atoms with E-state index in [0.29, 0.717) is 16.1 Å². The van der Waals surface area contributed by atoms with E-state index >= 15 is 0 Å². The van der Waals surface area contributed by atoms with E-state index in [9.17, 15) is 4.79 Å². The second-order valence-corrected chi connectivity index (χ2v) is 4.77. The van der Waals surface area contributed by atoms with Crippen LogP contribution in [0.25, 0.3) is 0 Å². The summed E-state index contributed by atoms with van der Waals surface area (Å²) in [4.78, 5) is 14.0. The van der Waals surface area contributed by atoms with E-state index in [-0.39, 0.29) is 5.78 Å². The fraction of sp³-hybridized carbons (Fsp3) is 0.500. The summed E-state index contributed by atoms with van der Waals surface area (Å²) >= 11 is 1.32. The lowest BCUT2D eigenvalue weighted by Crippen LogP contribution is -2.23. The van der Waals surface area contributed by atoms with Crippen LogP contribution in [0.4, 0.5) is 10.7 Å². The number of anilines is 2. The number of carbonyl (C=O) groups is 1. The molecule has 4 nitrogen and oxygen atoms in total. The Balaban J connectivity index is 3.28. The van der Waals surface area contributed by atoms with E-state index in [2.05, 4.69) is 17.9 Å². The second kappa shape index (κ2) is 5.69. The highest BCUT2D eigenvalue weighted by atomic mass is 32.1. The van der Waals surface area contributed by atoms with E-state index in [1.165, 1.54) is 18.3 Å². The maximum absolute atomic E-state index is 11.4. The molecule has 0 aliphatic rings. The summed E-state index contributed by atoms with van der Waals surface area (Å²) in [6.07, 6.45) is 0.992. The molecular weight excluding hydrogens is 234 g/mol. The maximum atomic E-state index is 11.4. The molecule has 92 valence electrons. The highest BCUT2D eigenvalue weighted by molar-refractivity contribution is 7.19. The highest BCUT2D eigenvalue weighted by Gasteiger charge is 2.21. The lowest BCUT2D eigenvalue weighted by atomic mass is 10.2. The normalized spacial score (nSPS) is 10.0. The molecule has 1 heterocycles. The van der Waals surface area contributed by atoms with Gasteiger partial charge in [0.25, 0.3) is 0 Å². The number of nitrogens with two attached hydrogens (primary N) is 1. The van der Waals surface area contributed by atoms with E-state index < -0.39 is 0 Å². The number of thiophene rings is 1. The second-order valence-electron chi connectivity index (χ2n) is 3.77. The van der Waals surface area contributed by atoms with Gasteiger partial charge in [0.05, 0.1) is 10.6 Å². The zero-order chi connectivity index (χ0) is 13.0. The molecule has 5 heteroatoms. The van der Waals surface area contributed by atoms with Crippen LogP contribution in [0.5, 0.6) is 0 Å². The third-order valence-corrected chi connectivity index (χ3v) is 3.89. The zero-order valence-electron chi connectivity index (χ0n) is 10.4. The van der Waals surface area contributed by atoms with Crippen LogP contribution in [0.15, 0.2) is 0 Å². The lowest BCUT2D eigenvalue weighted by molar-refractivity contribution is 0.102. The van der Waals surface area contributed by atoms with Crippen molar-refractivity contribution in [3.63, 3.8) is 0 Å². The predicted octanol–water partition coefficient (Wildman–Crippen LogP) is 2.64. The molecule has 1 aromatic heterocycles. The largest absolute Gasteiger partial charge is 0.396 e. The molecule has 0 radical (unpaired) electrons. The van der Waals surface area contributed by atoms with Gasteiger partial charge in [-0.15, -0.1) is 11.3 Å².